The first kappa shape index (κ1) is 10.7. The van der Waals surface area contributed by atoms with Crippen LogP contribution >= 0.6 is 11.6 Å². The van der Waals surface area contributed by atoms with Crippen LogP contribution in [0.5, 0.6) is 0 Å². The van der Waals surface area contributed by atoms with Crippen LogP contribution in [-0.2, 0) is 16.1 Å². The smallest absolute Gasteiger partial charge is 0.135 e. The third-order valence-electron chi connectivity index (χ3n) is 2.63. The predicted octanol–water partition coefficient (Wildman–Crippen LogP) is 2.98. The molecule has 1 atom stereocenters. The van der Waals surface area contributed by atoms with Crippen molar-refractivity contribution in [3.8, 4) is 0 Å². The number of carbonyl (C=O) groups is 1. The second-order valence-electron chi connectivity index (χ2n) is 3.81. The molecule has 1 aromatic carbocycles. The van der Waals surface area contributed by atoms with Crippen LogP contribution in [0, 0.1) is 0 Å². The largest absolute Gasteiger partial charge is 0.373 e. The SMILES string of the molecule is O=C1CCC(OCc2ccccc2Cl)C1. The lowest BCUT2D eigenvalue weighted by Crippen LogP contribution is -2.08. The number of halogens is 1. The molecular formula is C12H13ClO2. The molecule has 1 aliphatic rings. The van der Waals surface area contributed by atoms with E-state index in [0.717, 1.165) is 17.0 Å². The van der Waals surface area contributed by atoms with E-state index in [4.69, 9.17) is 16.3 Å². The van der Waals surface area contributed by atoms with Gasteiger partial charge in [-0.15, -0.1) is 0 Å². The summed E-state index contributed by atoms with van der Waals surface area (Å²) in [6.07, 6.45) is 2.16. The molecule has 3 heteroatoms. The topological polar surface area (TPSA) is 26.3 Å². The third kappa shape index (κ3) is 2.80. The van der Waals surface area contributed by atoms with Crippen molar-refractivity contribution >= 4 is 17.4 Å². The molecule has 0 bridgehead atoms. The van der Waals surface area contributed by atoms with Gasteiger partial charge in [-0.25, -0.2) is 0 Å². The molecule has 0 radical (unpaired) electrons. The lowest BCUT2D eigenvalue weighted by molar-refractivity contribution is -0.118. The van der Waals surface area contributed by atoms with E-state index < -0.39 is 0 Å². The average molecular weight is 225 g/mol. The molecule has 1 aromatic rings. The summed E-state index contributed by atoms with van der Waals surface area (Å²) >= 11 is 5.99. The molecule has 0 spiro atoms. The van der Waals surface area contributed by atoms with E-state index >= 15 is 0 Å². The number of benzene rings is 1. The molecule has 1 aliphatic carbocycles. The van der Waals surface area contributed by atoms with Gasteiger partial charge in [0.05, 0.1) is 12.7 Å². The molecule has 2 nitrogen and oxygen atoms in total. The minimum atomic E-state index is 0.0915. The van der Waals surface area contributed by atoms with Gasteiger partial charge in [0.15, 0.2) is 0 Å². The summed E-state index contributed by atoms with van der Waals surface area (Å²) in [5, 5.41) is 0.724. The highest BCUT2D eigenvalue weighted by Gasteiger charge is 2.22. The molecular weight excluding hydrogens is 212 g/mol. The van der Waals surface area contributed by atoms with Gasteiger partial charge < -0.3 is 4.74 Å². The van der Waals surface area contributed by atoms with Crippen molar-refractivity contribution in [3.05, 3.63) is 34.9 Å². The van der Waals surface area contributed by atoms with Crippen LogP contribution in [0.25, 0.3) is 0 Å². The van der Waals surface area contributed by atoms with Gasteiger partial charge >= 0.3 is 0 Å². The van der Waals surface area contributed by atoms with Crippen LogP contribution in [0.4, 0.5) is 0 Å². The van der Waals surface area contributed by atoms with Crippen molar-refractivity contribution in [1.82, 2.24) is 0 Å². The van der Waals surface area contributed by atoms with Gasteiger partial charge in [-0.1, -0.05) is 29.8 Å². The number of hydrogen-bond donors (Lipinski definition) is 0. The molecule has 0 N–H and O–H groups in total. The first-order valence-electron chi connectivity index (χ1n) is 5.12. The maximum Gasteiger partial charge on any atom is 0.135 e. The van der Waals surface area contributed by atoms with Gasteiger partial charge in [-0.05, 0) is 18.1 Å². The Morgan fingerprint density at radius 1 is 1.40 bits per heavy atom. The summed E-state index contributed by atoms with van der Waals surface area (Å²) in [4.78, 5) is 11.0. The molecule has 1 saturated carbocycles. The van der Waals surface area contributed by atoms with E-state index in [1.54, 1.807) is 0 Å². The fraction of sp³-hybridized carbons (Fsp3) is 0.417. The second-order valence-corrected chi connectivity index (χ2v) is 4.21. The molecule has 1 fully saturated rings. The molecule has 15 heavy (non-hydrogen) atoms. The summed E-state index contributed by atoms with van der Waals surface area (Å²) in [5.74, 6) is 0.305. The Kier molecular flexibility index (Phi) is 3.39. The zero-order valence-electron chi connectivity index (χ0n) is 8.41. The zero-order valence-corrected chi connectivity index (χ0v) is 9.17. The monoisotopic (exact) mass is 224 g/mol. The minimum Gasteiger partial charge on any atom is -0.373 e. The molecule has 0 saturated heterocycles. The Balaban J connectivity index is 1.88. The summed E-state index contributed by atoms with van der Waals surface area (Å²) in [7, 11) is 0. The van der Waals surface area contributed by atoms with Crippen LogP contribution in [0.2, 0.25) is 5.02 Å². The van der Waals surface area contributed by atoms with Crippen molar-refractivity contribution in [2.45, 2.75) is 32.0 Å². The van der Waals surface area contributed by atoms with Crippen molar-refractivity contribution in [3.63, 3.8) is 0 Å². The van der Waals surface area contributed by atoms with Gasteiger partial charge in [0, 0.05) is 17.9 Å². The maximum absolute atomic E-state index is 11.0. The van der Waals surface area contributed by atoms with Gasteiger partial charge in [0.1, 0.15) is 5.78 Å². The van der Waals surface area contributed by atoms with Gasteiger partial charge in [0.25, 0.3) is 0 Å². The lowest BCUT2D eigenvalue weighted by atomic mass is 10.2. The number of ketones is 1. The zero-order chi connectivity index (χ0) is 10.7. The van der Waals surface area contributed by atoms with Crippen LogP contribution in [-0.4, -0.2) is 11.9 Å². The summed E-state index contributed by atoms with van der Waals surface area (Å²) in [5.41, 5.74) is 0.985. The quantitative estimate of drug-likeness (QED) is 0.789. The first-order valence-corrected chi connectivity index (χ1v) is 5.50. The normalized spacial score (nSPS) is 20.9. The Morgan fingerprint density at radius 2 is 2.20 bits per heavy atom. The Bertz CT molecular complexity index is 362. The average Bonchev–Trinajstić information content (AvgIpc) is 2.63. The summed E-state index contributed by atoms with van der Waals surface area (Å²) in [6, 6.07) is 7.62. The van der Waals surface area contributed by atoms with Gasteiger partial charge in [-0.2, -0.15) is 0 Å². The van der Waals surface area contributed by atoms with E-state index in [1.165, 1.54) is 0 Å². The van der Waals surface area contributed by atoms with Gasteiger partial charge in [0.2, 0.25) is 0 Å². The molecule has 0 aliphatic heterocycles. The fourth-order valence-corrected chi connectivity index (χ4v) is 1.94. The molecule has 1 unspecified atom stereocenters. The number of rotatable bonds is 3. The Morgan fingerprint density at radius 3 is 2.87 bits per heavy atom. The van der Waals surface area contributed by atoms with Crippen molar-refractivity contribution < 1.29 is 9.53 Å². The number of hydrogen-bond acceptors (Lipinski definition) is 2. The Labute approximate surface area is 94.2 Å². The molecule has 0 heterocycles. The second kappa shape index (κ2) is 4.77. The summed E-state index contributed by atoms with van der Waals surface area (Å²) < 4.78 is 5.63. The molecule has 0 aromatic heterocycles. The van der Waals surface area contributed by atoms with Gasteiger partial charge in [-0.3, -0.25) is 4.79 Å². The fourth-order valence-electron chi connectivity index (χ4n) is 1.75. The lowest BCUT2D eigenvalue weighted by Gasteiger charge is -2.10. The van der Waals surface area contributed by atoms with E-state index in [1.807, 2.05) is 24.3 Å². The van der Waals surface area contributed by atoms with E-state index in [2.05, 4.69) is 0 Å². The summed E-state index contributed by atoms with van der Waals surface area (Å²) in [6.45, 7) is 0.498. The van der Waals surface area contributed by atoms with E-state index in [-0.39, 0.29) is 6.10 Å². The molecule has 80 valence electrons. The highest BCUT2D eigenvalue weighted by molar-refractivity contribution is 6.31. The van der Waals surface area contributed by atoms with Crippen molar-refractivity contribution in [2.24, 2.45) is 0 Å². The molecule has 2 rings (SSSR count). The highest BCUT2D eigenvalue weighted by Crippen LogP contribution is 2.21. The standard InChI is InChI=1S/C12H13ClO2/c13-12-4-2-1-3-9(12)8-15-11-6-5-10(14)7-11/h1-4,11H,5-8H2. The van der Waals surface area contributed by atoms with Crippen LogP contribution in [0.15, 0.2) is 24.3 Å². The first-order chi connectivity index (χ1) is 7.25. The van der Waals surface area contributed by atoms with Crippen LogP contribution in [0.3, 0.4) is 0 Å². The van der Waals surface area contributed by atoms with E-state index in [0.29, 0.717) is 25.2 Å². The van der Waals surface area contributed by atoms with Crippen LogP contribution < -0.4 is 0 Å². The Hall–Kier alpha value is -0.860. The van der Waals surface area contributed by atoms with E-state index in [9.17, 15) is 4.79 Å². The minimum absolute atomic E-state index is 0.0915. The highest BCUT2D eigenvalue weighted by atomic mass is 35.5. The van der Waals surface area contributed by atoms with Crippen LogP contribution in [0.1, 0.15) is 24.8 Å². The molecule has 0 amide bonds. The third-order valence-corrected chi connectivity index (χ3v) is 3.00. The number of carbonyl (C=O) groups excluding carboxylic acids is 1. The number of Topliss-reactive ketones (excluding diaryl/α,β-unsaturated/α-hetero) is 1. The predicted molar refractivity (Wildman–Crippen MR) is 58.9 cm³/mol. The van der Waals surface area contributed by atoms with Crippen molar-refractivity contribution in [1.29, 1.82) is 0 Å². The number of ether oxygens (including phenoxy) is 1. The van der Waals surface area contributed by atoms with Crippen molar-refractivity contribution in [2.75, 3.05) is 0 Å². The maximum atomic E-state index is 11.0.